The van der Waals surface area contributed by atoms with Crippen LogP contribution in [0.4, 0.5) is 0 Å². The van der Waals surface area contributed by atoms with Gasteiger partial charge in [0.15, 0.2) is 0 Å². The zero-order chi connectivity index (χ0) is 14.7. The molecule has 0 saturated carbocycles. The maximum atomic E-state index is 5.73. The molecule has 2 heterocycles. The van der Waals surface area contributed by atoms with Gasteiger partial charge < -0.3 is 14.8 Å². The fourth-order valence-electron chi connectivity index (χ4n) is 2.76. The molecule has 0 spiro atoms. The summed E-state index contributed by atoms with van der Waals surface area (Å²) >= 11 is 0. The average molecular weight is 287 g/mol. The van der Waals surface area contributed by atoms with Crippen molar-refractivity contribution in [1.82, 2.24) is 15.1 Å². The first-order chi connectivity index (χ1) is 10.3. The average Bonchev–Trinajstić information content (AvgIpc) is 3.00. The highest BCUT2D eigenvalue weighted by Gasteiger charge is 2.23. The fraction of sp³-hybridized carbons (Fsp3) is 0.438. The molecule has 1 aromatic carbocycles. The number of rotatable bonds is 5. The molecular weight excluding hydrogens is 266 g/mol. The minimum atomic E-state index is 0.286. The first kappa shape index (κ1) is 13.9. The standard InChI is InChI=1S/C16H21N3O2/c1-12(11-19-8-3-7-17-19)18-15-6-9-21-16-5-4-13(20-2)10-14(15)16/h3-5,7-8,10,12,15,18H,6,9,11H2,1-2H3. The lowest BCUT2D eigenvalue weighted by molar-refractivity contribution is 0.240. The highest BCUT2D eigenvalue weighted by Crippen LogP contribution is 2.35. The summed E-state index contributed by atoms with van der Waals surface area (Å²) in [5.74, 6) is 1.82. The number of aromatic nitrogens is 2. The van der Waals surface area contributed by atoms with Gasteiger partial charge in [-0.1, -0.05) is 0 Å². The molecule has 5 nitrogen and oxygen atoms in total. The third-order valence-electron chi connectivity index (χ3n) is 3.76. The van der Waals surface area contributed by atoms with Crippen LogP contribution in [0.1, 0.15) is 24.9 Å². The minimum Gasteiger partial charge on any atom is -0.497 e. The lowest BCUT2D eigenvalue weighted by Gasteiger charge is -2.29. The van der Waals surface area contributed by atoms with Gasteiger partial charge in [0.05, 0.1) is 20.3 Å². The van der Waals surface area contributed by atoms with E-state index in [9.17, 15) is 0 Å². The Labute approximate surface area is 124 Å². The summed E-state index contributed by atoms with van der Waals surface area (Å²) in [5, 5.41) is 7.92. The van der Waals surface area contributed by atoms with Crippen molar-refractivity contribution < 1.29 is 9.47 Å². The Morgan fingerprint density at radius 1 is 1.52 bits per heavy atom. The monoisotopic (exact) mass is 287 g/mol. The van der Waals surface area contributed by atoms with Crippen molar-refractivity contribution in [3.8, 4) is 11.5 Å². The van der Waals surface area contributed by atoms with Gasteiger partial charge in [0.25, 0.3) is 0 Å². The third kappa shape index (κ3) is 3.19. The van der Waals surface area contributed by atoms with Gasteiger partial charge in [-0.3, -0.25) is 4.68 Å². The Hall–Kier alpha value is -2.01. The molecule has 2 atom stereocenters. The zero-order valence-electron chi connectivity index (χ0n) is 12.5. The van der Waals surface area contributed by atoms with Gasteiger partial charge in [0, 0.05) is 36.5 Å². The van der Waals surface area contributed by atoms with Gasteiger partial charge in [0.1, 0.15) is 11.5 Å². The Morgan fingerprint density at radius 2 is 2.43 bits per heavy atom. The molecule has 2 aromatic rings. The van der Waals surface area contributed by atoms with Gasteiger partial charge in [-0.15, -0.1) is 0 Å². The predicted octanol–water partition coefficient (Wildman–Crippen LogP) is 2.39. The summed E-state index contributed by atoms with van der Waals surface area (Å²) in [7, 11) is 1.69. The quantitative estimate of drug-likeness (QED) is 0.917. The van der Waals surface area contributed by atoms with Crippen molar-refractivity contribution >= 4 is 0 Å². The van der Waals surface area contributed by atoms with Crippen LogP contribution in [0.25, 0.3) is 0 Å². The molecule has 0 amide bonds. The fourth-order valence-corrected chi connectivity index (χ4v) is 2.76. The molecule has 0 radical (unpaired) electrons. The molecule has 0 fully saturated rings. The van der Waals surface area contributed by atoms with E-state index in [1.54, 1.807) is 13.3 Å². The van der Waals surface area contributed by atoms with E-state index in [1.807, 2.05) is 29.1 Å². The Morgan fingerprint density at radius 3 is 3.19 bits per heavy atom. The molecule has 3 rings (SSSR count). The SMILES string of the molecule is COc1ccc2c(c1)C(NC(C)Cn1cccn1)CCO2. The van der Waals surface area contributed by atoms with Crippen LogP contribution < -0.4 is 14.8 Å². The molecule has 0 aliphatic carbocycles. The summed E-state index contributed by atoms with van der Waals surface area (Å²) in [6, 6.07) is 8.55. The molecule has 21 heavy (non-hydrogen) atoms. The summed E-state index contributed by atoms with van der Waals surface area (Å²) in [4.78, 5) is 0. The molecule has 5 heteroatoms. The van der Waals surface area contributed by atoms with E-state index in [0.29, 0.717) is 6.04 Å². The van der Waals surface area contributed by atoms with Crippen LogP contribution in [-0.4, -0.2) is 29.5 Å². The van der Waals surface area contributed by atoms with Gasteiger partial charge in [-0.2, -0.15) is 5.10 Å². The number of nitrogens with zero attached hydrogens (tertiary/aromatic N) is 2. The molecule has 0 saturated heterocycles. The summed E-state index contributed by atoms with van der Waals surface area (Å²) < 4.78 is 13.0. The van der Waals surface area contributed by atoms with E-state index in [-0.39, 0.29) is 6.04 Å². The summed E-state index contributed by atoms with van der Waals surface area (Å²) in [5.41, 5.74) is 1.17. The lowest BCUT2D eigenvalue weighted by Crippen LogP contribution is -2.36. The van der Waals surface area contributed by atoms with Crippen LogP contribution in [0.2, 0.25) is 0 Å². The lowest BCUT2D eigenvalue weighted by atomic mass is 9.99. The number of hydrogen-bond acceptors (Lipinski definition) is 4. The van der Waals surface area contributed by atoms with E-state index >= 15 is 0 Å². The molecular formula is C16H21N3O2. The van der Waals surface area contributed by atoms with Crippen molar-refractivity contribution in [1.29, 1.82) is 0 Å². The van der Waals surface area contributed by atoms with Crippen molar-refractivity contribution in [2.24, 2.45) is 0 Å². The smallest absolute Gasteiger partial charge is 0.124 e. The van der Waals surface area contributed by atoms with Gasteiger partial charge in [0.2, 0.25) is 0 Å². The van der Waals surface area contributed by atoms with Crippen molar-refractivity contribution in [2.45, 2.75) is 32.0 Å². The molecule has 1 aliphatic heterocycles. The number of nitrogens with one attached hydrogen (secondary N) is 1. The molecule has 0 bridgehead atoms. The maximum absolute atomic E-state index is 5.73. The van der Waals surface area contributed by atoms with E-state index < -0.39 is 0 Å². The van der Waals surface area contributed by atoms with Gasteiger partial charge >= 0.3 is 0 Å². The van der Waals surface area contributed by atoms with Crippen molar-refractivity contribution in [3.05, 3.63) is 42.2 Å². The largest absolute Gasteiger partial charge is 0.497 e. The first-order valence-electron chi connectivity index (χ1n) is 7.30. The predicted molar refractivity (Wildman–Crippen MR) is 80.7 cm³/mol. The molecule has 1 aromatic heterocycles. The van der Waals surface area contributed by atoms with Crippen LogP contribution in [0.5, 0.6) is 11.5 Å². The van der Waals surface area contributed by atoms with Gasteiger partial charge in [-0.05, 0) is 31.2 Å². The first-order valence-corrected chi connectivity index (χ1v) is 7.30. The topological polar surface area (TPSA) is 48.3 Å². The van der Waals surface area contributed by atoms with Gasteiger partial charge in [-0.25, -0.2) is 0 Å². The van der Waals surface area contributed by atoms with Crippen LogP contribution in [0, 0.1) is 0 Å². The molecule has 1 aliphatic rings. The van der Waals surface area contributed by atoms with E-state index in [0.717, 1.165) is 31.1 Å². The van der Waals surface area contributed by atoms with Crippen molar-refractivity contribution in [2.75, 3.05) is 13.7 Å². The second-order valence-corrected chi connectivity index (χ2v) is 5.39. The third-order valence-corrected chi connectivity index (χ3v) is 3.76. The van der Waals surface area contributed by atoms with Crippen LogP contribution >= 0.6 is 0 Å². The maximum Gasteiger partial charge on any atom is 0.124 e. The second kappa shape index (κ2) is 6.18. The molecule has 2 unspecified atom stereocenters. The Bertz CT molecular complexity index is 583. The number of fused-ring (bicyclic) bond motifs is 1. The summed E-state index contributed by atoms with van der Waals surface area (Å²) in [6.45, 7) is 3.77. The van der Waals surface area contributed by atoms with E-state index in [4.69, 9.17) is 9.47 Å². The second-order valence-electron chi connectivity index (χ2n) is 5.39. The number of hydrogen-bond donors (Lipinski definition) is 1. The van der Waals surface area contributed by atoms with Crippen LogP contribution in [-0.2, 0) is 6.54 Å². The minimum absolute atomic E-state index is 0.286. The van der Waals surface area contributed by atoms with E-state index in [2.05, 4.69) is 23.4 Å². The highest BCUT2D eigenvalue weighted by molar-refractivity contribution is 5.43. The Balaban J connectivity index is 1.72. The van der Waals surface area contributed by atoms with Crippen molar-refractivity contribution in [3.63, 3.8) is 0 Å². The molecule has 1 N–H and O–H groups in total. The highest BCUT2D eigenvalue weighted by atomic mass is 16.5. The Kier molecular flexibility index (Phi) is 4.10. The molecule has 112 valence electrons. The number of benzene rings is 1. The van der Waals surface area contributed by atoms with Crippen LogP contribution in [0.15, 0.2) is 36.7 Å². The zero-order valence-corrected chi connectivity index (χ0v) is 12.5. The number of methoxy groups -OCH3 is 1. The normalized spacial score (nSPS) is 18.7. The van der Waals surface area contributed by atoms with E-state index in [1.165, 1.54) is 5.56 Å². The van der Waals surface area contributed by atoms with Crippen LogP contribution in [0.3, 0.4) is 0 Å². The summed E-state index contributed by atoms with van der Waals surface area (Å²) in [6.07, 6.45) is 4.75. The number of ether oxygens (including phenoxy) is 2.